The fourth-order valence-electron chi connectivity index (χ4n) is 2.05. The molecule has 16 heavy (non-hydrogen) atoms. The second kappa shape index (κ2) is 4.18. The Morgan fingerprint density at radius 2 is 2.31 bits per heavy atom. The average Bonchev–Trinajstić information content (AvgIpc) is 2.70. The van der Waals surface area contributed by atoms with Crippen LogP contribution in [0, 0.1) is 5.41 Å². The number of nitrogens with one attached hydrogen (secondary N) is 2. The fourth-order valence-corrected chi connectivity index (χ4v) is 3.11. The van der Waals surface area contributed by atoms with Crippen LogP contribution in [0.2, 0.25) is 0 Å². The largest absolute Gasteiger partial charge is 0.284 e. The number of H-pyrrole nitrogens is 1. The summed E-state index contributed by atoms with van der Waals surface area (Å²) < 4.78 is 26.3. The molecule has 0 atom stereocenters. The lowest BCUT2D eigenvalue weighted by atomic mass is 9.67. The summed E-state index contributed by atoms with van der Waals surface area (Å²) in [5, 5.41) is 6.15. The molecule has 2 N–H and O–H groups in total. The van der Waals surface area contributed by atoms with Crippen molar-refractivity contribution in [3.8, 4) is 0 Å². The van der Waals surface area contributed by atoms with E-state index in [1.54, 1.807) is 0 Å². The number of sulfonamides is 1. The van der Waals surface area contributed by atoms with E-state index in [2.05, 4.69) is 21.8 Å². The van der Waals surface area contributed by atoms with Crippen LogP contribution >= 0.6 is 0 Å². The van der Waals surface area contributed by atoms with Crippen LogP contribution in [-0.2, 0) is 10.0 Å². The van der Waals surface area contributed by atoms with Crippen LogP contribution in [0.5, 0.6) is 0 Å². The van der Waals surface area contributed by atoms with Crippen molar-refractivity contribution < 1.29 is 8.42 Å². The summed E-state index contributed by atoms with van der Waals surface area (Å²) in [7, 11) is -3.38. The van der Waals surface area contributed by atoms with Gasteiger partial charge in [-0.15, -0.1) is 0 Å². The molecular formula is C10H17N3O2S. The first-order valence-electron chi connectivity index (χ1n) is 5.56. The smallest absolute Gasteiger partial charge is 0.243 e. The van der Waals surface area contributed by atoms with Crippen LogP contribution in [0.15, 0.2) is 17.3 Å². The minimum atomic E-state index is -3.38. The van der Waals surface area contributed by atoms with Crippen LogP contribution in [0.25, 0.3) is 0 Å². The Kier molecular flexibility index (Phi) is 3.03. The second-order valence-electron chi connectivity index (χ2n) is 4.47. The first kappa shape index (κ1) is 11.6. The number of aromatic nitrogens is 2. The van der Waals surface area contributed by atoms with Crippen molar-refractivity contribution in [2.75, 3.05) is 6.54 Å². The zero-order valence-corrected chi connectivity index (χ0v) is 10.2. The van der Waals surface area contributed by atoms with Gasteiger partial charge in [0, 0.05) is 12.7 Å². The third-order valence-corrected chi connectivity index (χ3v) is 4.95. The molecule has 1 saturated carbocycles. The number of hydrogen-bond donors (Lipinski definition) is 2. The molecule has 5 nitrogen and oxygen atoms in total. The molecule has 1 heterocycles. The Morgan fingerprint density at radius 1 is 1.56 bits per heavy atom. The van der Waals surface area contributed by atoms with Gasteiger partial charge in [0.25, 0.3) is 0 Å². The van der Waals surface area contributed by atoms with E-state index in [4.69, 9.17) is 0 Å². The third kappa shape index (κ3) is 2.12. The van der Waals surface area contributed by atoms with Gasteiger partial charge in [0.1, 0.15) is 4.90 Å². The summed E-state index contributed by atoms with van der Waals surface area (Å²) in [5.41, 5.74) is 0.191. The zero-order chi connectivity index (χ0) is 11.6. The number of aromatic amines is 1. The molecule has 6 heteroatoms. The molecule has 0 aromatic carbocycles. The van der Waals surface area contributed by atoms with Gasteiger partial charge in [0.2, 0.25) is 10.0 Å². The fraction of sp³-hybridized carbons (Fsp3) is 0.700. The van der Waals surface area contributed by atoms with Gasteiger partial charge in [-0.1, -0.05) is 13.3 Å². The van der Waals surface area contributed by atoms with Crippen molar-refractivity contribution in [1.82, 2.24) is 14.9 Å². The van der Waals surface area contributed by atoms with E-state index in [0.717, 1.165) is 19.3 Å². The van der Waals surface area contributed by atoms with E-state index >= 15 is 0 Å². The van der Waals surface area contributed by atoms with E-state index < -0.39 is 10.0 Å². The molecule has 0 spiro atoms. The Morgan fingerprint density at radius 3 is 2.75 bits per heavy atom. The van der Waals surface area contributed by atoms with Crippen LogP contribution in [0.1, 0.15) is 32.6 Å². The van der Waals surface area contributed by atoms with Gasteiger partial charge in [-0.25, -0.2) is 13.1 Å². The van der Waals surface area contributed by atoms with Crippen molar-refractivity contribution in [2.24, 2.45) is 5.41 Å². The number of nitrogens with zero attached hydrogens (tertiary/aromatic N) is 1. The van der Waals surface area contributed by atoms with Gasteiger partial charge in [-0.2, -0.15) is 5.10 Å². The monoisotopic (exact) mass is 243 g/mol. The summed E-state index contributed by atoms with van der Waals surface area (Å²) in [6.45, 7) is 2.66. The SMILES string of the molecule is CCC1(CNS(=O)(=O)c2cn[nH]c2)CCC1. The minimum Gasteiger partial charge on any atom is -0.284 e. The highest BCUT2D eigenvalue weighted by atomic mass is 32.2. The Hall–Kier alpha value is -0.880. The van der Waals surface area contributed by atoms with Crippen LogP contribution in [0.3, 0.4) is 0 Å². The minimum absolute atomic E-state index is 0.191. The molecule has 1 fully saturated rings. The van der Waals surface area contributed by atoms with Gasteiger partial charge >= 0.3 is 0 Å². The van der Waals surface area contributed by atoms with Crippen molar-refractivity contribution >= 4 is 10.0 Å². The lowest BCUT2D eigenvalue weighted by molar-refractivity contribution is 0.133. The zero-order valence-electron chi connectivity index (χ0n) is 9.36. The highest BCUT2D eigenvalue weighted by Crippen LogP contribution is 2.43. The standard InChI is InChI=1S/C10H17N3O2S/c1-2-10(4-3-5-10)8-13-16(14,15)9-6-11-12-7-9/h6-7,13H,2-5,8H2,1H3,(H,11,12). The maximum atomic E-state index is 11.8. The maximum absolute atomic E-state index is 11.8. The van der Waals surface area contributed by atoms with Gasteiger partial charge in [-0.05, 0) is 24.7 Å². The molecule has 0 unspecified atom stereocenters. The van der Waals surface area contributed by atoms with Crippen molar-refractivity contribution in [1.29, 1.82) is 0 Å². The summed E-state index contributed by atoms with van der Waals surface area (Å²) in [6.07, 6.45) is 7.19. The molecule has 0 saturated heterocycles. The van der Waals surface area contributed by atoms with Crippen LogP contribution in [-0.4, -0.2) is 25.2 Å². The predicted molar refractivity (Wildman–Crippen MR) is 60.4 cm³/mol. The van der Waals surface area contributed by atoms with Gasteiger partial charge in [0.15, 0.2) is 0 Å². The Balaban J connectivity index is 2.00. The first-order valence-corrected chi connectivity index (χ1v) is 7.05. The van der Waals surface area contributed by atoms with Crippen molar-refractivity contribution in [3.63, 3.8) is 0 Å². The maximum Gasteiger partial charge on any atom is 0.243 e. The van der Waals surface area contributed by atoms with Gasteiger partial charge < -0.3 is 0 Å². The molecule has 90 valence electrons. The van der Waals surface area contributed by atoms with Gasteiger partial charge in [-0.3, -0.25) is 5.10 Å². The lowest BCUT2D eigenvalue weighted by Gasteiger charge is -2.41. The van der Waals surface area contributed by atoms with Crippen molar-refractivity contribution in [2.45, 2.75) is 37.5 Å². The molecule has 0 amide bonds. The molecular weight excluding hydrogens is 226 g/mol. The van der Waals surface area contributed by atoms with E-state index in [0.29, 0.717) is 6.54 Å². The normalized spacial score (nSPS) is 19.3. The molecule has 0 bridgehead atoms. The summed E-state index contributed by atoms with van der Waals surface area (Å²) in [4.78, 5) is 0.207. The summed E-state index contributed by atoms with van der Waals surface area (Å²) in [6, 6.07) is 0. The van der Waals surface area contributed by atoms with E-state index in [1.807, 2.05) is 0 Å². The van der Waals surface area contributed by atoms with Gasteiger partial charge in [0.05, 0.1) is 6.20 Å². The molecule has 0 radical (unpaired) electrons. The molecule has 1 aliphatic rings. The average molecular weight is 243 g/mol. The highest BCUT2D eigenvalue weighted by molar-refractivity contribution is 7.89. The second-order valence-corrected chi connectivity index (χ2v) is 6.23. The quantitative estimate of drug-likeness (QED) is 0.817. The molecule has 0 aliphatic heterocycles. The molecule has 1 aromatic rings. The van der Waals surface area contributed by atoms with E-state index in [9.17, 15) is 8.42 Å². The van der Waals surface area contributed by atoms with Crippen LogP contribution in [0.4, 0.5) is 0 Å². The van der Waals surface area contributed by atoms with E-state index in [-0.39, 0.29) is 10.3 Å². The van der Waals surface area contributed by atoms with Crippen molar-refractivity contribution in [3.05, 3.63) is 12.4 Å². The highest BCUT2D eigenvalue weighted by Gasteiger charge is 2.36. The summed E-state index contributed by atoms with van der Waals surface area (Å²) >= 11 is 0. The lowest BCUT2D eigenvalue weighted by Crippen LogP contribution is -2.41. The predicted octanol–water partition coefficient (Wildman–Crippen LogP) is 1.27. The molecule has 1 aromatic heterocycles. The summed E-state index contributed by atoms with van der Waals surface area (Å²) in [5.74, 6) is 0. The topological polar surface area (TPSA) is 74.8 Å². The number of rotatable bonds is 5. The molecule has 2 rings (SSSR count). The molecule has 1 aliphatic carbocycles. The van der Waals surface area contributed by atoms with E-state index in [1.165, 1.54) is 18.8 Å². The first-order chi connectivity index (χ1) is 7.58. The third-order valence-electron chi connectivity index (χ3n) is 3.58. The van der Waals surface area contributed by atoms with Crippen LogP contribution < -0.4 is 4.72 Å². The number of hydrogen-bond acceptors (Lipinski definition) is 3. The Labute approximate surface area is 95.7 Å². The Bertz CT molecular complexity index is 429.